The Morgan fingerprint density at radius 1 is 1.44 bits per heavy atom. The van der Waals surface area contributed by atoms with Crippen molar-refractivity contribution in [3.05, 3.63) is 11.4 Å². The van der Waals surface area contributed by atoms with Crippen molar-refractivity contribution in [3.8, 4) is 5.75 Å². The number of amides is 1. The lowest BCUT2D eigenvalue weighted by molar-refractivity contribution is -0.135. The molecular weight excluding hydrogens is 206 g/mol. The molecule has 5 nitrogen and oxygen atoms in total. The van der Waals surface area contributed by atoms with E-state index < -0.39 is 6.10 Å². The van der Waals surface area contributed by atoms with Gasteiger partial charge in [-0.3, -0.25) is 9.48 Å². The Balaban J connectivity index is 2.85. The molecule has 1 rings (SSSR count). The zero-order valence-electron chi connectivity index (χ0n) is 10.7. The zero-order chi connectivity index (χ0) is 12.5. The van der Waals surface area contributed by atoms with Crippen LogP contribution in [0, 0.1) is 13.8 Å². The van der Waals surface area contributed by atoms with Crippen molar-refractivity contribution < 1.29 is 9.53 Å². The molecule has 90 valence electrons. The second-order valence-electron chi connectivity index (χ2n) is 4.12. The first kappa shape index (κ1) is 12.5. The van der Waals surface area contributed by atoms with Crippen molar-refractivity contribution >= 4 is 5.91 Å². The molecule has 1 aromatic rings. The second kappa shape index (κ2) is 4.55. The van der Waals surface area contributed by atoms with Crippen LogP contribution in [0.4, 0.5) is 0 Å². The monoisotopic (exact) mass is 225 g/mol. The van der Waals surface area contributed by atoms with E-state index in [1.165, 1.54) is 4.90 Å². The van der Waals surface area contributed by atoms with Gasteiger partial charge in [-0.2, -0.15) is 5.10 Å². The highest BCUT2D eigenvalue weighted by Crippen LogP contribution is 2.22. The zero-order valence-corrected chi connectivity index (χ0v) is 10.7. The van der Waals surface area contributed by atoms with E-state index in [0.717, 1.165) is 11.4 Å². The molecule has 1 aromatic heterocycles. The van der Waals surface area contributed by atoms with Gasteiger partial charge in [-0.25, -0.2) is 0 Å². The molecule has 0 aliphatic rings. The Hall–Kier alpha value is -1.52. The molecule has 0 N–H and O–H groups in total. The van der Waals surface area contributed by atoms with Crippen molar-refractivity contribution in [2.24, 2.45) is 7.05 Å². The van der Waals surface area contributed by atoms with Crippen LogP contribution in [-0.2, 0) is 11.8 Å². The third-order valence-electron chi connectivity index (χ3n) is 2.53. The Morgan fingerprint density at radius 2 is 2.00 bits per heavy atom. The molecule has 0 aliphatic heterocycles. The molecule has 1 unspecified atom stereocenters. The fraction of sp³-hybridized carbons (Fsp3) is 0.636. The summed E-state index contributed by atoms with van der Waals surface area (Å²) in [5.74, 6) is 0.646. The summed E-state index contributed by atoms with van der Waals surface area (Å²) in [6, 6.07) is 0. The van der Waals surface area contributed by atoms with Crippen molar-refractivity contribution in [1.29, 1.82) is 0 Å². The normalized spacial score (nSPS) is 12.4. The predicted molar refractivity (Wildman–Crippen MR) is 61.5 cm³/mol. The molecule has 0 radical (unpaired) electrons. The summed E-state index contributed by atoms with van der Waals surface area (Å²) in [7, 11) is 5.28. The van der Waals surface area contributed by atoms with Gasteiger partial charge in [-0.1, -0.05) is 0 Å². The third-order valence-corrected chi connectivity index (χ3v) is 2.53. The number of carbonyl (C=O) groups excluding carboxylic acids is 1. The fourth-order valence-electron chi connectivity index (χ4n) is 1.52. The van der Waals surface area contributed by atoms with Gasteiger partial charge in [-0.15, -0.1) is 0 Å². The first-order valence-corrected chi connectivity index (χ1v) is 5.22. The molecule has 0 saturated carbocycles. The summed E-state index contributed by atoms with van der Waals surface area (Å²) in [5, 5.41) is 4.23. The first-order valence-electron chi connectivity index (χ1n) is 5.22. The average molecular weight is 225 g/mol. The van der Waals surface area contributed by atoms with E-state index in [0.29, 0.717) is 5.75 Å². The van der Waals surface area contributed by atoms with Crippen LogP contribution in [0.2, 0.25) is 0 Å². The van der Waals surface area contributed by atoms with Crippen molar-refractivity contribution in [2.45, 2.75) is 26.9 Å². The highest BCUT2D eigenvalue weighted by molar-refractivity contribution is 5.80. The SMILES string of the molecule is Cc1nn(C)c(C)c1OC(C)C(=O)N(C)C. The summed E-state index contributed by atoms with van der Waals surface area (Å²) >= 11 is 0. The Kier molecular flexibility index (Phi) is 3.57. The van der Waals surface area contributed by atoms with Crippen LogP contribution >= 0.6 is 0 Å². The molecular formula is C11H19N3O2. The Morgan fingerprint density at radius 3 is 2.38 bits per heavy atom. The molecule has 1 atom stereocenters. The maximum absolute atomic E-state index is 11.7. The number of aromatic nitrogens is 2. The summed E-state index contributed by atoms with van der Waals surface area (Å²) in [5.41, 5.74) is 1.73. The summed E-state index contributed by atoms with van der Waals surface area (Å²) in [4.78, 5) is 13.2. The lowest BCUT2D eigenvalue weighted by Crippen LogP contribution is -2.35. The van der Waals surface area contributed by atoms with Crippen molar-refractivity contribution in [3.63, 3.8) is 0 Å². The van der Waals surface area contributed by atoms with Gasteiger partial charge in [0, 0.05) is 21.1 Å². The number of nitrogens with zero attached hydrogens (tertiary/aromatic N) is 3. The first-order chi connectivity index (χ1) is 7.34. The minimum absolute atomic E-state index is 0.0531. The molecule has 16 heavy (non-hydrogen) atoms. The summed E-state index contributed by atoms with van der Waals surface area (Å²) in [6.45, 7) is 5.53. The number of carbonyl (C=O) groups is 1. The minimum Gasteiger partial charge on any atom is -0.477 e. The molecule has 0 aliphatic carbocycles. The van der Waals surface area contributed by atoms with Gasteiger partial charge in [0.1, 0.15) is 5.69 Å². The van der Waals surface area contributed by atoms with E-state index in [1.807, 2.05) is 20.9 Å². The van der Waals surface area contributed by atoms with Crippen LogP contribution in [0.1, 0.15) is 18.3 Å². The van der Waals surface area contributed by atoms with Gasteiger partial charge >= 0.3 is 0 Å². The summed E-state index contributed by atoms with van der Waals surface area (Å²) in [6.07, 6.45) is -0.489. The number of ether oxygens (including phenoxy) is 1. The largest absolute Gasteiger partial charge is 0.477 e. The van der Waals surface area contributed by atoms with Crippen LogP contribution < -0.4 is 4.74 Å². The number of likely N-dealkylation sites (N-methyl/N-ethyl adjacent to an activating group) is 1. The quantitative estimate of drug-likeness (QED) is 0.767. The topological polar surface area (TPSA) is 47.4 Å². The molecule has 0 aromatic carbocycles. The molecule has 0 spiro atoms. The predicted octanol–water partition coefficient (Wildman–Crippen LogP) is 0.892. The summed E-state index contributed by atoms with van der Waals surface area (Å²) < 4.78 is 7.39. The maximum atomic E-state index is 11.7. The highest BCUT2D eigenvalue weighted by Gasteiger charge is 2.20. The van der Waals surface area contributed by atoms with Crippen LogP contribution in [0.3, 0.4) is 0 Å². The van der Waals surface area contributed by atoms with Gasteiger partial charge in [0.15, 0.2) is 11.9 Å². The molecule has 5 heteroatoms. The van der Waals surface area contributed by atoms with E-state index in [-0.39, 0.29) is 5.91 Å². The van der Waals surface area contributed by atoms with E-state index in [2.05, 4.69) is 5.10 Å². The lowest BCUT2D eigenvalue weighted by atomic mass is 10.3. The molecule has 1 amide bonds. The number of aryl methyl sites for hydroxylation is 2. The molecule has 1 heterocycles. The van der Waals surface area contributed by atoms with Crippen LogP contribution in [0.15, 0.2) is 0 Å². The van der Waals surface area contributed by atoms with Gasteiger partial charge in [-0.05, 0) is 20.8 Å². The third kappa shape index (κ3) is 2.35. The van der Waals surface area contributed by atoms with Gasteiger partial charge in [0.2, 0.25) is 0 Å². The van der Waals surface area contributed by atoms with Crippen LogP contribution in [0.5, 0.6) is 5.75 Å². The van der Waals surface area contributed by atoms with Gasteiger partial charge in [0.05, 0.1) is 5.69 Å². The van der Waals surface area contributed by atoms with Crippen molar-refractivity contribution in [2.75, 3.05) is 14.1 Å². The Bertz CT molecular complexity index is 396. The highest BCUT2D eigenvalue weighted by atomic mass is 16.5. The van der Waals surface area contributed by atoms with Crippen molar-refractivity contribution in [1.82, 2.24) is 14.7 Å². The number of hydrogen-bond acceptors (Lipinski definition) is 3. The Labute approximate surface area is 96.0 Å². The second-order valence-corrected chi connectivity index (χ2v) is 4.12. The van der Waals surface area contributed by atoms with E-state index in [1.54, 1.807) is 25.7 Å². The smallest absolute Gasteiger partial charge is 0.262 e. The van der Waals surface area contributed by atoms with Gasteiger partial charge in [0.25, 0.3) is 5.91 Å². The van der Waals surface area contributed by atoms with Crippen LogP contribution in [0.25, 0.3) is 0 Å². The average Bonchev–Trinajstić information content (AvgIpc) is 2.43. The van der Waals surface area contributed by atoms with Crippen LogP contribution in [-0.4, -0.2) is 40.8 Å². The number of rotatable bonds is 3. The fourth-order valence-corrected chi connectivity index (χ4v) is 1.52. The van der Waals surface area contributed by atoms with E-state index in [9.17, 15) is 4.79 Å². The molecule has 0 saturated heterocycles. The van der Waals surface area contributed by atoms with Gasteiger partial charge < -0.3 is 9.64 Å². The van der Waals surface area contributed by atoms with E-state index >= 15 is 0 Å². The van der Waals surface area contributed by atoms with E-state index in [4.69, 9.17) is 4.74 Å². The maximum Gasteiger partial charge on any atom is 0.262 e. The standard InChI is InChI=1S/C11H19N3O2/c1-7-10(8(2)14(6)12-7)16-9(3)11(15)13(4)5/h9H,1-6H3. The minimum atomic E-state index is -0.489. The lowest BCUT2D eigenvalue weighted by Gasteiger charge is -2.18. The molecule has 0 fully saturated rings. The molecule has 0 bridgehead atoms. The number of hydrogen-bond donors (Lipinski definition) is 0.